The number of amides is 1. The summed E-state index contributed by atoms with van der Waals surface area (Å²) in [5.41, 5.74) is -0.269. The molecule has 1 aromatic heterocycles. The first-order chi connectivity index (χ1) is 8.51. The second-order valence-electron chi connectivity index (χ2n) is 4.94. The molecule has 18 heavy (non-hydrogen) atoms. The average Bonchev–Trinajstić information content (AvgIpc) is 2.87. The standard InChI is InChI=1S/C12H17N3O3/c1-15-7-9(13-8-15)11(18)14-12(6-10(16)17)4-2-3-5-12/h7-8H,2-6H2,1H3,(H,14,18)(H,16,17). The maximum atomic E-state index is 12.0. The van der Waals surface area contributed by atoms with Crippen LogP contribution in [0.5, 0.6) is 0 Å². The molecule has 0 saturated heterocycles. The largest absolute Gasteiger partial charge is 0.481 e. The van der Waals surface area contributed by atoms with E-state index in [-0.39, 0.29) is 12.3 Å². The molecule has 6 heteroatoms. The Kier molecular flexibility index (Phi) is 3.36. The van der Waals surface area contributed by atoms with Crippen LogP contribution in [0.2, 0.25) is 0 Å². The third-order valence-electron chi connectivity index (χ3n) is 3.37. The van der Waals surface area contributed by atoms with Gasteiger partial charge in [0, 0.05) is 13.2 Å². The molecule has 0 radical (unpaired) electrons. The van der Waals surface area contributed by atoms with Crippen LogP contribution in [0, 0.1) is 0 Å². The summed E-state index contributed by atoms with van der Waals surface area (Å²) in [6.07, 6.45) is 6.50. The smallest absolute Gasteiger partial charge is 0.305 e. The maximum Gasteiger partial charge on any atom is 0.305 e. The zero-order chi connectivity index (χ0) is 13.2. The van der Waals surface area contributed by atoms with Gasteiger partial charge in [-0.25, -0.2) is 4.98 Å². The van der Waals surface area contributed by atoms with Crippen LogP contribution in [-0.2, 0) is 11.8 Å². The van der Waals surface area contributed by atoms with Crippen LogP contribution >= 0.6 is 0 Å². The van der Waals surface area contributed by atoms with Gasteiger partial charge in [0.05, 0.1) is 18.3 Å². The number of carboxylic acid groups (broad SMARTS) is 1. The van der Waals surface area contributed by atoms with Crippen LogP contribution < -0.4 is 5.32 Å². The molecule has 0 atom stereocenters. The lowest BCUT2D eigenvalue weighted by molar-refractivity contribution is -0.138. The summed E-state index contributed by atoms with van der Waals surface area (Å²) in [5, 5.41) is 11.8. The van der Waals surface area contributed by atoms with Crippen LogP contribution in [-0.4, -0.2) is 32.1 Å². The van der Waals surface area contributed by atoms with Crippen LogP contribution in [0.4, 0.5) is 0 Å². The predicted octanol–water partition coefficient (Wildman–Crippen LogP) is 0.937. The minimum absolute atomic E-state index is 0.0222. The van der Waals surface area contributed by atoms with Gasteiger partial charge >= 0.3 is 5.97 Å². The van der Waals surface area contributed by atoms with Gasteiger partial charge in [-0.05, 0) is 12.8 Å². The summed E-state index contributed by atoms with van der Waals surface area (Å²) in [6, 6.07) is 0. The number of nitrogens with zero attached hydrogens (tertiary/aromatic N) is 2. The molecule has 0 unspecified atom stereocenters. The minimum atomic E-state index is -0.877. The first kappa shape index (κ1) is 12.6. The second kappa shape index (κ2) is 4.80. The number of hydrogen-bond donors (Lipinski definition) is 2. The fraction of sp³-hybridized carbons (Fsp3) is 0.583. The quantitative estimate of drug-likeness (QED) is 0.834. The molecule has 2 rings (SSSR count). The lowest BCUT2D eigenvalue weighted by Gasteiger charge is -2.28. The summed E-state index contributed by atoms with van der Waals surface area (Å²) in [4.78, 5) is 26.9. The van der Waals surface area contributed by atoms with E-state index in [1.165, 1.54) is 0 Å². The van der Waals surface area contributed by atoms with E-state index >= 15 is 0 Å². The second-order valence-corrected chi connectivity index (χ2v) is 4.94. The highest BCUT2D eigenvalue weighted by molar-refractivity contribution is 5.93. The Morgan fingerprint density at radius 1 is 1.50 bits per heavy atom. The minimum Gasteiger partial charge on any atom is -0.481 e. The zero-order valence-corrected chi connectivity index (χ0v) is 10.3. The molecule has 1 fully saturated rings. The molecule has 1 amide bonds. The number of carbonyl (C=O) groups excluding carboxylic acids is 1. The summed E-state index contributed by atoms with van der Waals surface area (Å²) in [7, 11) is 1.78. The topological polar surface area (TPSA) is 84.2 Å². The molecule has 0 aliphatic heterocycles. The molecule has 1 aromatic rings. The van der Waals surface area contributed by atoms with Crippen molar-refractivity contribution in [1.82, 2.24) is 14.9 Å². The molecular formula is C12H17N3O3. The van der Waals surface area contributed by atoms with Crippen LogP contribution in [0.1, 0.15) is 42.6 Å². The van der Waals surface area contributed by atoms with Crippen molar-refractivity contribution >= 4 is 11.9 Å². The van der Waals surface area contributed by atoms with Gasteiger partial charge in [0.2, 0.25) is 0 Å². The Morgan fingerprint density at radius 2 is 2.17 bits per heavy atom. The van der Waals surface area contributed by atoms with Crippen LogP contribution in [0.25, 0.3) is 0 Å². The molecule has 1 aliphatic carbocycles. The van der Waals surface area contributed by atoms with Crippen molar-refractivity contribution in [3.05, 3.63) is 18.2 Å². The Bertz CT molecular complexity index is 461. The van der Waals surface area contributed by atoms with Crippen molar-refractivity contribution in [2.45, 2.75) is 37.6 Å². The summed E-state index contributed by atoms with van der Waals surface area (Å²) in [5.74, 6) is -1.17. The first-order valence-corrected chi connectivity index (χ1v) is 6.03. The van der Waals surface area contributed by atoms with E-state index in [4.69, 9.17) is 5.11 Å². The molecule has 0 aromatic carbocycles. The van der Waals surface area contributed by atoms with E-state index in [1.54, 1.807) is 24.1 Å². The highest BCUT2D eigenvalue weighted by Crippen LogP contribution is 2.32. The van der Waals surface area contributed by atoms with Gasteiger partial charge in [-0.15, -0.1) is 0 Å². The predicted molar refractivity (Wildman–Crippen MR) is 64.1 cm³/mol. The van der Waals surface area contributed by atoms with Gasteiger partial charge in [0.25, 0.3) is 5.91 Å². The summed E-state index contributed by atoms with van der Waals surface area (Å²) in [6.45, 7) is 0. The highest BCUT2D eigenvalue weighted by Gasteiger charge is 2.37. The number of carbonyl (C=O) groups is 2. The van der Waals surface area contributed by atoms with E-state index in [2.05, 4.69) is 10.3 Å². The molecule has 1 saturated carbocycles. The lowest BCUT2D eigenvalue weighted by atomic mass is 9.93. The molecule has 98 valence electrons. The van der Waals surface area contributed by atoms with Crippen molar-refractivity contribution in [2.24, 2.45) is 7.05 Å². The Balaban J connectivity index is 2.09. The maximum absolute atomic E-state index is 12.0. The molecule has 1 aliphatic rings. The Morgan fingerprint density at radius 3 is 2.67 bits per heavy atom. The van der Waals surface area contributed by atoms with E-state index < -0.39 is 11.5 Å². The van der Waals surface area contributed by atoms with E-state index in [9.17, 15) is 9.59 Å². The third kappa shape index (κ3) is 2.69. The fourth-order valence-electron chi connectivity index (χ4n) is 2.52. The number of hydrogen-bond acceptors (Lipinski definition) is 3. The molecule has 6 nitrogen and oxygen atoms in total. The number of aryl methyl sites for hydroxylation is 1. The van der Waals surface area contributed by atoms with Crippen molar-refractivity contribution in [2.75, 3.05) is 0 Å². The van der Waals surface area contributed by atoms with Gasteiger partial charge in [-0.3, -0.25) is 9.59 Å². The van der Waals surface area contributed by atoms with Crippen LogP contribution in [0.15, 0.2) is 12.5 Å². The van der Waals surface area contributed by atoms with Crippen molar-refractivity contribution < 1.29 is 14.7 Å². The Hall–Kier alpha value is -1.85. The zero-order valence-electron chi connectivity index (χ0n) is 10.3. The monoisotopic (exact) mass is 251 g/mol. The number of imidazole rings is 1. The summed E-state index contributed by atoms with van der Waals surface area (Å²) < 4.78 is 1.69. The molecule has 0 bridgehead atoms. The van der Waals surface area contributed by atoms with Crippen molar-refractivity contribution in [3.8, 4) is 0 Å². The number of aromatic nitrogens is 2. The van der Waals surface area contributed by atoms with Gasteiger partial charge < -0.3 is 15.0 Å². The van der Waals surface area contributed by atoms with Crippen LogP contribution in [0.3, 0.4) is 0 Å². The summed E-state index contributed by atoms with van der Waals surface area (Å²) >= 11 is 0. The van der Waals surface area contributed by atoms with E-state index in [0.29, 0.717) is 5.69 Å². The molecular weight excluding hydrogens is 234 g/mol. The first-order valence-electron chi connectivity index (χ1n) is 6.03. The van der Waals surface area contributed by atoms with E-state index in [0.717, 1.165) is 25.7 Å². The van der Waals surface area contributed by atoms with Crippen molar-refractivity contribution in [1.29, 1.82) is 0 Å². The van der Waals surface area contributed by atoms with E-state index in [1.807, 2.05) is 0 Å². The fourth-order valence-corrected chi connectivity index (χ4v) is 2.52. The SMILES string of the molecule is Cn1cnc(C(=O)NC2(CC(=O)O)CCCC2)c1. The van der Waals surface area contributed by atoms with Crippen molar-refractivity contribution in [3.63, 3.8) is 0 Å². The van der Waals surface area contributed by atoms with Gasteiger partial charge in [-0.2, -0.15) is 0 Å². The van der Waals surface area contributed by atoms with Gasteiger partial charge in [-0.1, -0.05) is 12.8 Å². The highest BCUT2D eigenvalue weighted by atomic mass is 16.4. The molecule has 2 N–H and O–H groups in total. The number of nitrogens with one attached hydrogen (secondary N) is 1. The average molecular weight is 251 g/mol. The Labute approximate surface area is 105 Å². The number of rotatable bonds is 4. The number of aliphatic carboxylic acids is 1. The van der Waals surface area contributed by atoms with Gasteiger partial charge in [0.1, 0.15) is 5.69 Å². The number of carboxylic acids is 1. The third-order valence-corrected chi connectivity index (χ3v) is 3.37. The van der Waals surface area contributed by atoms with Gasteiger partial charge in [0.15, 0.2) is 0 Å². The normalized spacial score (nSPS) is 17.6. The lowest BCUT2D eigenvalue weighted by Crippen LogP contribution is -2.47. The molecule has 1 heterocycles. The molecule has 0 spiro atoms.